The number of nitrogens with zero attached hydrogens (tertiary/aromatic N) is 5. The molecule has 0 amide bonds. The van der Waals surface area contributed by atoms with Crippen LogP contribution in [0.5, 0.6) is 0 Å². The van der Waals surface area contributed by atoms with Gasteiger partial charge in [-0.15, -0.1) is 23.1 Å². The molecule has 0 aliphatic carbocycles. The highest BCUT2D eigenvalue weighted by Crippen LogP contribution is 2.30. The maximum atomic E-state index is 9.33. The fourth-order valence-corrected chi connectivity index (χ4v) is 4.70. The van der Waals surface area contributed by atoms with Crippen molar-refractivity contribution in [3.05, 3.63) is 65.2 Å². The van der Waals surface area contributed by atoms with Crippen LogP contribution in [0, 0.1) is 11.3 Å². The molecule has 1 N–H and O–H groups in total. The predicted molar refractivity (Wildman–Crippen MR) is 117 cm³/mol. The first-order valence-electron chi connectivity index (χ1n) is 8.22. The summed E-state index contributed by atoms with van der Waals surface area (Å²) in [7, 11) is 0. The van der Waals surface area contributed by atoms with Crippen molar-refractivity contribution < 1.29 is 0 Å². The van der Waals surface area contributed by atoms with Gasteiger partial charge >= 0.3 is 0 Å². The Kier molecular flexibility index (Phi) is 5.53. The molecule has 0 aliphatic rings. The third kappa shape index (κ3) is 3.71. The number of thiophene rings is 1. The second-order valence-electron chi connectivity index (χ2n) is 5.57. The summed E-state index contributed by atoms with van der Waals surface area (Å²) >= 11 is 4.30. The van der Waals surface area contributed by atoms with Crippen LogP contribution in [0.15, 0.2) is 64.2 Å². The van der Waals surface area contributed by atoms with Gasteiger partial charge in [-0.2, -0.15) is 19.8 Å². The molecule has 0 radical (unpaired) electrons. The number of hydrogen-bond acceptors (Lipinski definition) is 8. The van der Waals surface area contributed by atoms with E-state index in [9.17, 15) is 5.26 Å². The van der Waals surface area contributed by atoms with Crippen LogP contribution in [-0.4, -0.2) is 26.6 Å². The van der Waals surface area contributed by atoms with E-state index in [0.717, 1.165) is 21.8 Å². The van der Waals surface area contributed by atoms with Crippen molar-refractivity contribution in [3.8, 4) is 22.3 Å². The van der Waals surface area contributed by atoms with Crippen LogP contribution >= 0.6 is 34.6 Å². The van der Waals surface area contributed by atoms with Gasteiger partial charge in [-0.25, -0.2) is 4.68 Å². The van der Waals surface area contributed by atoms with Crippen LogP contribution in [0.3, 0.4) is 0 Å². The molecule has 0 saturated carbocycles. The summed E-state index contributed by atoms with van der Waals surface area (Å²) in [5.41, 5.74) is 6.19. The number of nitrogens with one attached hydrogen (secondary N) is 1. The number of hydrogen-bond donors (Lipinski definition) is 1. The molecule has 4 rings (SSSR count). The number of nitriles is 1. The Morgan fingerprint density at radius 2 is 2.11 bits per heavy atom. The molecule has 3 heterocycles. The van der Waals surface area contributed by atoms with Crippen molar-refractivity contribution in [1.82, 2.24) is 14.2 Å². The van der Waals surface area contributed by atoms with Gasteiger partial charge < -0.3 is 0 Å². The van der Waals surface area contributed by atoms with Crippen LogP contribution in [-0.2, 0) is 0 Å². The molecule has 6 nitrogen and oxygen atoms in total. The van der Waals surface area contributed by atoms with Crippen LogP contribution in [0.4, 0.5) is 5.00 Å². The van der Waals surface area contributed by atoms with Gasteiger partial charge in [-0.05, 0) is 41.4 Å². The number of rotatable bonds is 6. The first kappa shape index (κ1) is 18.4. The Morgan fingerprint density at radius 1 is 1.25 bits per heavy atom. The minimum atomic E-state index is 0.521. The van der Waals surface area contributed by atoms with Crippen molar-refractivity contribution in [2.75, 3.05) is 11.7 Å². The van der Waals surface area contributed by atoms with E-state index in [1.807, 2.05) is 65.0 Å². The Balaban J connectivity index is 1.65. The zero-order chi connectivity index (χ0) is 19.3. The quantitative estimate of drug-likeness (QED) is 0.266. The molecule has 0 spiro atoms. The molecule has 28 heavy (non-hydrogen) atoms. The van der Waals surface area contributed by atoms with Gasteiger partial charge in [0.25, 0.3) is 0 Å². The topological polar surface area (TPSA) is 78.9 Å². The molecule has 0 atom stereocenters. The van der Waals surface area contributed by atoms with Gasteiger partial charge in [0, 0.05) is 11.8 Å². The van der Waals surface area contributed by atoms with Crippen molar-refractivity contribution >= 4 is 45.8 Å². The molecule has 1 aromatic carbocycles. The number of aromatic nitrogens is 3. The first-order valence-corrected chi connectivity index (χ1v) is 11.1. The SMILES string of the molecule is CSc1nsc(N/N=C/c2cn(-c3ccccc3)nc2-c2cccs2)c1C#N. The fourth-order valence-electron chi connectivity index (χ4n) is 2.55. The first-order chi connectivity index (χ1) is 13.8. The summed E-state index contributed by atoms with van der Waals surface area (Å²) in [6.07, 6.45) is 5.57. The van der Waals surface area contributed by atoms with E-state index in [-0.39, 0.29) is 0 Å². The lowest BCUT2D eigenvalue weighted by atomic mass is 10.2. The number of thioether (sulfide) groups is 1. The van der Waals surface area contributed by atoms with E-state index in [0.29, 0.717) is 15.6 Å². The molecule has 0 bridgehead atoms. The standard InChI is InChI=1S/C19H14N6S3/c1-26-19-15(10-20)18(28-24-19)22-21-11-13-12-25(14-6-3-2-4-7-14)23-17(13)16-8-5-9-27-16/h2-9,11-12,22H,1H3/b21-11+. The third-order valence-electron chi connectivity index (χ3n) is 3.85. The van der Waals surface area contributed by atoms with Gasteiger partial charge in [-0.3, -0.25) is 5.43 Å². The molecule has 0 aliphatic heterocycles. The zero-order valence-electron chi connectivity index (χ0n) is 14.7. The van der Waals surface area contributed by atoms with Crippen LogP contribution < -0.4 is 5.43 Å². The van der Waals surface area contributed by atoms with Gasteiger partial charge in [0.15, 0.2) is 0 Å². The molecular weight excluding hydrogens is 408 g/mol. The van der Waals surface area contributed by atoms with Crippen molar-refractivity contribution in [2.24, 2.45) is 5.10 Å². The average Bonchev–Trinajstić information content (AvgIpc) is 3.47. The Bertz CT molecular complexity index is 1140. The largest absolute Gasteiger partial charge is 0.266 e. The molecule has 4 aromatic rings. The highest BCUT2D eigenvalue weighted by atomic mass is 32.2. The summed E-state index contributed by atoms with van der Waals surface area (Å²) in [4.78, 5) is 1.07. The number of para-hydroxylation sites is 1. The van der Waals surface area contributed by atoms with Crippen molar-refractivity contribution in [3.63, 3.8) is 0 Å². The predicted octanol–water partition coefficient (Wildman–Crippen LogP) is 5.10. The summed E-state index contributed by atoms with van der Waals surface area (Å²) in [6, 6.07) is 16.2. The van der Waals surface area contributed by atoms with E-state index in [1.54, 1.807) is 17.6 Å². The van der Waals surface area contributed by atoms with Crippen LogP contribution in [0.2, 0.25) is 0 Å². The van der Waals surface area contributed by atoms with Gasteiger partial charge in [-0.1, -0.05) is 24.3 Å². The molecular formula is C19H14N6S3. The summed E-state index contributed by atoms with van der Waals surface area (Å²) in [6.45, 7) is 0. The summed E-state index contributed by atoms with van der Waals surface area (Å²) in [5.74, 6) is 0. The summed E-state index contributed by atoms with van der Waals surface area (Å²) in [5, 5.41) is 21.8. The molecule has 138 valence electrons. The van der Waals surface area contributed by atoms with Gasteiger partial charge in [0.05, 0.1) is 16.8 Å². The molecule has 0 unspecified atom stereocenters. The average molecular weight is 423 g/mol. The zero-order valence-corrected chi connectivity index (χ0v) is 17.2. The van der Waals surface area contributed by atoms with Crippen molar-refractivity contribution in [2.45, 2.75) is 5.03 Å². The second-order valence-corrected chi connectivity index (χ2v) is 8.08. The maximum absolute atomic E-state index is 9.33. The lowest BCUT2D eigenvalue weighted by Gasteiger charge is -1.98. The van der Waals surface area contributed by atoms with Crippen LogP contribution in [0.25, 0.3) is 16.3 Å². The minimum Gasteiger partial charge on any atom is -0.266 e. The molecule has 0 fully saturated rings. The normalized spacial score (nSPS) is 11.0. The Labute approximate surface area is 174 Å². The third-order valence-corrected chi connectivity index (χ3v) is 6.28. The van der Waals surface area contributed by atoms with E-state index in [4.69, 9.17) is 5.10 Å². The smallest absolute Gasteiger partial charge is 0.148 e. The van der Waals surface area contributed by atoms with Crippen LogP contribution in [0.1, 0.15) is 11.1 Å². The van der Waals surface area contributed by atoms with E-state index in [2.05, 4.69) is 21.0 Å². The number of hydrazone groups is 1. The van der Waals surface area contributed by atoms with Gasteiger partial charge in [0.1, 0.15) is 27.4 Å². The van der Waals surface area contributed by atoms with E-state index < -0.39 is 0 Å². The lowest BCUT2D eigenvalue weighted by molar-refractivity contribution is 0.885. The monoisotopic (exact) mass is 422 g/mol. The number of anilines is 1. The lowest BCUT2D eigenvalue weighted by Crippen LogP contribution is -1.93. The van der Waals surface area contributed by atoms with Crippen molar-refractivity contribution in [1.29, 1.82) is 5.26 Å². The van der Waals surface area contributed by atoms with Gasteiger partial charge in [0.2, 0.25) is 0 Å². The van der Waals surface area contributed by atoms with E-state index in [1.165, 1.54) is 23.3 Å². The Hall–Kier alpha value is -2.93. The fraction of sp³-hybridized carbons (Fsp3) is 0.0526. The molecule has 3 aromatic heterocycles. The Morgan fingerprint density at radius 3 is 2.82 bits per heavy atom. The maximum Gasteiger partial charge on any atom is 0.148 e. The highest BCUT2D eigenvalue weighted by molar-refractivity contribution is 7.98. The molecule has 9 heteroatoms. The minimum absolute atomic E-state index is 0.521. The second kappa shape index (κ2) is 8.39. The summed E-state index contributed by atoms with van der Waals surface area (Å²) < 4.78 is 6.11. The molecule has 0 saturated heterocycles. The highest BCUT2D eigenvalue weighted by Gasteiger charge is 2.14. The van der Waals surface area contributed by atoms with E-state index >= 15 is 0 Å². The number of benzene rings is 1.